The molecule has 1 N–H and O–H groups in total. The molecule has 0 spiro atoms. The number of carbonyl (C=O) groups excluding carboxylic acids is 1. The van der Waals surface area contributed by atoms with E-state index in [1.807, 2.05) is 0 Å². The van der Waals surface area contributed by atoms with Crippen LogP contribution in [-0.4, -0.2) is 26.2 Å². The summed E-state index contributed by atoms with van der Waals surface area (Å²) in [4.78, 5) is 11.1. The van der Waals surface area contributed by atoms with Crippen LogP contribution in [0.2, 0.25) is 0 Å². The third kappa shape index (κ3) is 4.09. The molecular formula is C11H21NO2. The third-order valence-corrected chi connectivity index (χ3v) is 3.00. The Morgan fingerprint density at radius 2 is 2.00 bits per heavy atom. The summed E-state index contributed by atoms with van der Waals surface area (Å²) in [5, 5.41) is 2.90. The molecule has 0 aromatic rings. The first-order chi connectivity index (χ1) is 6.72. The molecule has 1 aliphatic carbocycles. The predicted molar refractivity (Wildman–Crippen MR) is 56.0 cm³/mol. The predicted octanol–water partition coefficient (Wildman–Crippen LogP) is 1.58. The highest BCUT2D eigenvalue weighted by atomic mass is 16.5. The Bertz CT molecular complexity index is 174. The van der Waals surface area contributed by atoms with Gasteiger partial charge in [-0.25, -0.2) is 0 Å². The van der Waals surface area contributed by atoms with Crippen LogP contribution in [0.1, 0.15) is 32.6 Å². The molecule has 0 atom stereocenters. The third-order valence-electron chi connectivity index (χ3n) is 3.00. The Morgan fingerprint density at radius 1 is 1.36 bits per heavy atom. The van der Waals surface area contributed by atoms with Gasteiger partial charge in [-0.1, -0.05) is 19.8 Å². The van der Waals surface area contributed by atoms with Crippen LogP contribution in [0.4, 0.5) is 0 Å². The van der Waals surface area contributed by atoms with E-state index >= 15 is 0 Å². The van der Waals surface area contributed by atoms with Crippen LogP contribution in [0.3, 0.4) is 0 Å². The van der Waals surface area contributed by atoms with Gasteiger partial charge < -0.3 is 10.1 Å². The molecule has 1 rings (SSSR count). The Labute approximate surface area is 86.2 Å². The molecule has 0 aromatic heterocycles. The molecule has 14 heavy (non-hydrogen) atoms. The van der Waals surface area contributed by atoms with Crippen molar-refractivity contribution >= 4 is 5.91 Å². The summed E-state index contributed by atoms with van der Waals surface area (Å²) in [5.41, 5.74) is 0. The minimum atomic E-state index is 0.00567. The zero-order valence-electron chi connectivity index (χ0n) is 9.21. The molecule has 1 aliphatic rings. The van der Waals surface area contributed by atoms with Crippen LogP contribution in [0.15, 0.2) is 0 Å². The summed E-state index contributed by atoms with van der Waals surface area (Å²) in [6, 6.07) is 0. The molecule has 0 unspecified atom stereocenters. The molecular weight excluding hydrogens is 178 g/mol. The van der Waals surface area contributed by atoms with Gasteiger partial charge >= 0.3 is 0 Å². The lowest BCUT2D eigenvalue weighted by Gasteiger charge is -2.26. The summed E-state index contributed by atoms with van der Waals surface area (Å²) in [6.45, 7) is 3.32. The summed E-state index contributed by atoms with van der Waals surface area (Å²) in [6.07, 6.45) is 5.14. The maximum atomic E-state index is 11.1. The summed E-state index contributed by atoms with van der Waals surface area (Å²) >= 11 is 0. The van der Waals surface area contributed by atoms with Gasteiger partial charge in [0, 0.05) is 13.7 Å². The van der Waals surface area contributed by atoms with E-state index in [1.165, 1.54) is 25.7 Å². The van der Waals surface area contributed by atoms with E-state index in [0.717, 1.165) is 12.5 Å². The van der Waals surface area contributed by atoms with E-state index in [-0.39, 0.29) is 12.5 Å². The molecule has 1 amide bonds. The largest absolute Gasteiger partial charge is 0.375 e. The number of hydrogen-bond acceptors (Lipinski definition) is 2. The first-order valence-corrected chi connectivity index (χ1v) is 5.48. The van der Waals surface area contributed by atoms with Crippen molar-refractivity contribution in [2.75, 3.05) is 20.3 Å². The van der Waals surface area contributed by atoms with Crippen molar-refractivity contribution in [3.05, 3.63) is 0 Å². The maximum absolute atomic E-state index is 11.1. The van der Waals surface area contributed by atoms with Crippen LogP contribution < -0.4 is 5.32 Å². The molecule has 0 heterocycles. The van der Waals surface area contributed by atoms with Crippen molar-refractivity contribution in [1.29, 1.82) is 0 Å². The Balaban J connectivity index is 2.09. The minimum absolute atomic E-state index is 0.00567. The average Bonchev–Trinajstić information content (AvgIpc) is 2.17. The number of hydrogen-bond donors (Lipinski definition) is 1. The van der Waals surface area contributed by atoms with E-state index in [1.54, 1.807) is 7.11 Å². The van der Waals surface area contributed by atoms with Crippen LogP contribution >= 0.6 is 0 Å². The maximum Gasteiger partial charge on any atom is 0.245 e. The molecule has 3 heteroatoms. The quantitative estimate of drug-likeness (QED) is 0.746. The van der Waals surface area contributed by atoms with E-state index in [0.29, 0.717) is 5.92 Å². The SMILES string of the molecule is COCC(=O)NCC1CCC(C)CC1. The van der Waals surface area contributed by atoms with Crippen LogP contribution in [0.25, 0.3) is 0 Å². The van der Waals surface area contributed by atoms with E-state index in [4.69, 9.17) is 4.74 Å². The highest BCUT2D eigenvalue weighted by Gasteiger charge is 2.18. The fourth-order valence-electron chi connectivity index (χ4n) is 1.97. The van der Waals surface area contributed by atoms with Gasteiger partial charge in [-0.3, -0.25) is 4.79 Å². The van der Waals surface area contributed by atoms with Crippen molar-refractivity contribution in [3.63, 3.8) is 0 Å². The summed E-state index contributed by atoms with van der Waals surface area (Å²) in [5.74, 6) is 1.57. The lowest BCUT2D eigenvalue weighted by Crippen LogP contribution is -2.33. The van der Waals surface area contributed by atoms with Gasteiger partial charge in [0.05, 0.1) is 0 Å². The van der Waals surface area contributed by atoms with Crippen molar-refractivity contribution in [1.82, 2.24) is 5.32 Å². The van der Waals surface area contributed by atoms with Crippen molar-refractivity contribution in [2.45, 2.75) is 32.6 Å². The van der Waals surface area contributed by atoms with Gasteiger partial charge in [-0.05, 0) is 24.7 Å². The lowest BCUT2D eigenvalue weighted by atomic mass is 9.83. The van der Waals surface area contributed by atoms with E-state index in [2.05, 4.69) is 12.2 Å². The fraction of sp³-hybridized carbons (Fsp3) is 0.909. The van der Waals surface area contributed by atoms with Crippen molar-refractivity contribution < 1.29 is 9.53 Å². The Morgan fingerprint density at radius 3 is 2.57 bits per heavy atom. The molecule has 0 aliphatic heterocycles. The smallest absolute Gasteiger partial charge is 0.245 e. The normalized spacial score (nSPS) is 27.3. The van der Waals surface area contributed by atoms with Crippen LogP contribution in [0, 0.1) is 11.8 Å². The highest BCUT2D eigenvalue weighted by Crippen LogP contribution is 2.27. The van der Waals surface area contributed by atoms with Gasteiger partial charge in [-0.15, -0.1) is 0 Å². The van der Waals surface area contributed by atoms with Crippen molar-refractivity contribution in [2.24, 2.45) is 11.8 Å². The molecule has 0 bridgehead atoms. The van der Waals surface area contributed by atoms with Gasteiger partial charge in [0.2, 0.25) is 5.91 Å². The number of methoxy groups -OCH3 is 1. The van der Waals surface area contributed by atoms with Crippen LogP contribution in [0.5, 0.6) is 0 Å². The molecule has 0 radical (unpaired) electrons. The summed E-state index contributed by atoms with van der Waals surface area (Å²) in [7, 11) is 1.54. The van der Waals surface area contributed by atoms with Gasteiger partial charge in [0.1, 0.15) is 6.61 Å². The second kappa shape index (κ2) is 6.02. The second-order valence-corrected chi connectivity index (χ2v) is 4.36. The van der Waals surface area contributed by atoms with Crippen LogP contribution in [-0.2, 0) is 9.53 Å². The van der Waals surface area contributed by atoms with Gasteiger partial charge in [-0.2, -0.15) is 0 Å². The first kappa shape index (κ1) is 11.5. The molecule has 1 saturated carbocycles. The fourth-order valence-corrected chi connectivity index (χ4v) is 1.97. The molecule has 1 fully saturated rings. The summed E-state index contributed by atoms with van der Waals surface area (Å²) < 4.78 is 4.75. The molecule has 0 saturated heterocycles. The van der Waals surface area contributed by atoms with E-state index < -0.39 is 0 Å². The Hall–Kier alpha value is -0.570. The zero-order chi connectivity index (χ0) is 10.4. The lowest BCUT2D eigenvalue weighted by molar-refractivity contribution is -0.124. The second-order valence-electron chi connectivity index (χ2n) is 4.36. The Kier molecular flexibility index (Phi) is 4.94. The first-order valence-electron chi connectivity index (χ1n) is 5.48. The number of nitrogens with one attached hydrogen (secondary N) is 1. The standard InChI is InChI=1S/C11H21NO2/c1-9-3-5-10(6-4-9)7-12-11(13)8-14-2/h9-10H,3-8H2,1-2H3,(H,12,13). The topological polar surface area (TPSA) is 38.3 Å². The average molecular weight is 199 g/mol. The molecule has 82 valence electrons. The highest BCUT2D eigenvalue weighted by molar-refractivity contribution is 5.77. The zero-order valence-corrected chi connectivity index (χ0v) is 9.21. The number of rotatable bonds is 4. The molecule has 0 aromatic carbocycles. The van der Waals surface area contributed by atoms with Crippen molar-refractivity contribution in [3.8, 4) is 0 Å². The minimum Gasteiger partial charge on any atom is -0.375 e. The molecule has 3 nitrogen and oxygen atoms in total. The van der Waals surface area contributed by atoms with Gasteiger partial charge in [0.25, 0.3) is 0 Å². The number of amides is 1. The monoisotopic (exact) mass is 199 g/mol. The van der Waals surface area contributed by atoms with Gasteiger partial charge in [0.15, 0.2) is 0 Å². The number of ether oxygens (including phenoxy) is 1. The number of carbonyl (C=O) groups is 1. The van der Waals surface area contributed by atoms with E-state index in [9.17, 15) is 4.79 Å².